The first-order valence-electron chi connectivity index (χ1n) is 7.64. The van der Waals surface area contributed by atoms with Crippen LogP contribution < -0.4 is 11.3 Å². The number of fused-ring (bicyclic) bond motifs is 3. The molecule has 1 aromatic carbocycles. The summed E-state index contributed by atoms with van der Waals surface area (Å²) in [5, 5.41) is 3.63. The number of ether oxygens (including phenoxy) is 1. The van der Waals surface area contributed by atoms with Crippen molar-refractivity contribution < 1.29 is 9.53 Å². The summed E-state index contributed by atoms with van der Waals surface area (Å²) in [6.07, 6.45) is 1.50. The molecule has 0 aliphatic carbocycles. The van der Waals surface area contributed by atoms with E-state index in [0.717, 1.165) is 16.6 Å². The number of thiazole rings is 1. The molecule has 0 spiro atoms. The maximum atomic E-state index is 12.3. The van der Waals surface area contributed by atoms with Crippen LogP contribution in [0.15, 0.2) is 34.6 Å². The maximum absolute atomic E-state index is 12.3. The minimum Gasteiger partial charge on any atom is -0.462 e. The van der Waals surface area contributed by atoms with Gasteiger partial charge in [0.25, 0.3) is 5.56 Å². The topological polar surface area (TPSA) is 114 Å². The standard InChI is InChI=1S/C17H14N4O3S/c1-2-24-16(23)10-6-19-14-13(10)9-5-8(12-7-25-17(18)21-12)3-4-11(9)20-15(14)22/h3-7,19H,2H2,1H3,(H2,18,21)(H,20,22). The van der Waals surface area contributed by atoms with Crippen molar-refractivity contribution >= 4 is 44.2 Å². The van der Waals surface area contributed by atoms with Gasteiger partial charge in [0.15, 0.2) is 5.13 Å². The molecule has 0 fully saturated rings. The van der Waals surface area contributed by atoms with E-state index >= 15 is 0 Å². The molecule has 0 bridgehead atoms. The number of nitrogens with one attached hydrogen (secondary N) is 2. The number of rotatable bonds is 3. The number of hydrogen-bond acceptors (Lipinski definition) is 6. The Hall–Kier alpha value is -3.13. The number of pyridine rings is 1. The van der Waals surface area contributed by atoms with E-state index in [9.17, 15) is 9.59 Å². The molecular formula is C17H14N4O3S. The Morgan fingerprint density at radius 2 is 2.24 bits per heavy atom. The molecule has 0 unspecified atom stereocenters. The minimum absolute atomic E-state index is 0.260. The highest BCUT2D eigenvalue weighted by Crippen LogP contribution is 2.30. The average Bonchev–Trinajstić information content (AvgIpc) is 3.22. The Kier molecular flexibility index (Phi) is 3.54. The van der Waals surface area contributed by atoms with Crippen molar-refractivity contribution in [2.75, 3.05) is 12.3 Å². The van der Waals surface area contributed by atoms with Gasteiger partial charge in [-0.3, -0.25) is 4.79 Å². The molecular weight excluding hydrogens is 340 g/mol. The van der Waals surface area contributed by atoms with Crippen LogP contribution in [0.1, 0.15) is 17.3 Å². The third-order valence-corrected chi connectivity index (χ3v) is 4.63. The SMILES string of the molecule is CCOC(=O)c1c[nH]c2c(=O)[nH]c3ccc(-c4csc(N)n4)cc3c12. The number of aromatic nitrogens is 3. The van der Waals surface area contributed by atoms with Gasteiger partial charge in [-0.1, -0.05) is 6.07 Å². The van der Waals surface area contributed by atoms with Crippen molar-refractivity contribution in [2.45, 2.75) is 6.92 Å². The van der Waals surface area contributed by atoms with Gasteiger partial charge in [-0.15, -0.1) is 11.3 Å². The maximum Gasteiger partial charge on any atom is 0.340 e. The number of anilines is 1. The lowest BCUT2D eigenvalue weighted by Gasteiger charge is -2.05. The lowest BCUT2D eigenvalue weighted by molar-refractivity contribution is 0.0529. The van der Waals surface area contributed by atoms with E-state index in [1.54, 1.807) is 13.0 Å². The molecule has 0 aliphatic rings. The van der Waals surface area contributed by atoms with Crippen molar-refractivity contribution in [1.82, 2.24) is 15.0 Å². The van der Waals surface area contributed by atoms with E-state index in [1.807, 2.05) is 17.5 Å². The van der Waals surface area contributed by atoms with Crippen LogP contribution in [0.3, 0.4) is 0 Å². The predicted molar refractivity (Wildman–Crippen MR) is 97.9 cm³/mol. The van der Waals surface area contributed by atoms with Crippen LogP contribution in [-0.2, 0) is 4.74 Å². The Morgan fingerprint density at radius 3 is 2.96 bits per heavy atom. The lowest BCUT2D eigenvalue weighted by atomic mass is 10.0. The molecule has 0 amide bonds. The first kappa shape index (κ1) is 15.4. The fourth-order valence-corrected chi connectivity index (χ4v) is 3.45. The second-order valence-corrected chi connectivity index (χ2v) is 6.35. The molecule has 0 atom stereocenters. The Labute approximate surface area is 145 Å². The third kappa shape index (κ3) is 2.47. The summed E-state index contributed by atoms with van der Waals surface area (Å²) in [7, 11) is 0. The van der Waals surface area contributed by atoms with E-state index in [4.69, 9.17) is 10.5 Å². The summed E-state index contributed by atoms with van der Waals surface area (Å²) in [4.78, 5) is 34.5. The molecule has 7 nitrogen and oxygen atoms in total. The number of carbonyl (C=O) groups excluding carboxylic acids is 1. The molecule has 0 saturated carbocycles. The first-order chi connectivity index (χ1) is 12.1. The first-order valence-corrected chi connectivity index (χ1v) is 8.52. The third-order valence-electron chi connectivity index (χ3n) is 3.96. The van der Waals surface area contributed by atoms with Crippen molar-refractivity contribution in [2.24, 2.45) is 0 Å². The molecule has 126 valence electrons. The normalized spacial score (nSPS) is 11.2. The van der Waals surface area contributed by atoms with Gasteiger partial charge in [-0.05, 0) is 19.1 Å². The number of carbonyl (C=O) groups is 1. The fourth-order valence-electron chi connectivity index (χ4n) is 2.88. The van der Waals surface area contributed by atoms with E-state index in [0.29, 0.717) is 27.1 Å². The fraction of sp³-hybridized carbons (Fsp3) is 0.118. The summed E-state index contributed by atoms with van der Waals surface area (Å²) in [6, 6.07) is 5.54. The van der Waals surface area contributed by atoms with Crippen LogP contribution in [0.5, 0.6) is 0 Å². The number of hydrogen-bond donors (Lipinski definition) is 3. The van der Waals surface area contributed by atoms with Crippen LogP contribution >= 0.6 is 11.3 Å². The number of esters is 1. The number of aromatic amines is 2. The Balaban J connectivity index is 2.04. The zero-order valence-corrected chi connectivity index (χ0v) is 14.1. The van der Waals surface area contributed by atoms with Gasteiger partial charge in [-0.2, -0.15) is 0 Å². The molecule has 8 heteroatoms. The van der Waals surface area contributed by atoms with Gasteiger partial charge in [-0.25, -0.2) is 9.78 Å². The van der Waals surface area contributed by atoms with Crippen LogP contribution in [0, 0.1) is 0 Å². The lowest BCUT2D eigenvalue weighted by Crippen LogP contribution is -2.08. The summed E-state index contributed by atoms with van der Waals surface area (Å²) in [5.41, 5.74) is 8.33. The van der Waals surface area contributed by atoms with Crippen molar-refractivity contribution in [3.05, 3.63) is 45.7 Å². The van der Waals surface area contributed by atoms with Gasteiger partial charge < -0.3 is 20.4 Å². The quantitative estimate of drug-likeness (QED) is 0.490. The number of nitrogens with zero attached hydrogens (tertiary/aromatic N) is 1. The van der Waals surface area contributed by atoms with Crippen LogP contribution in [0.2, 0.25) is 0 Å². The minimum atomic E-state index is -0.469. The van der Waals surface area contributed by atoms with Gasteiger partial charge in [0.2, 0.25) is 0 Å². The molecule has 0 saturated heterocycles. The molecule has 3 aromatic heterocycles. The van der Waals surface area contributed by atoms with Crippen LogP contribution in [-0.4, -0.2) is 27.5 Å². The smallest absolute Gasteiger partial charge is 0.340 e. The summed E-state index contributed by atoms with van der Waals surface area (Å²) in [6.45, 7) is 2.00. The molecule has 4 N–H and O–H groups in total. The molecule has 0 radical (unpaired) electrons. The van der Waals surface area contributed by atoms with Crippen LogP contribution in [0.25, 0.3) is 33.1 Å². The number of benzene rings is 1. The summed E-state index contributed by atoms with van der Waals surface area (Å²) in [5.74, 6) is -0.469. The average molecular weight is 354 g/mol. The van der Waals surface area contributed by atoms with Crippen molar-refractivity contribution in [1.29, 1.82) is 0 Å². The van der Waals surface area contributed by atoms with E-state index in [-0.39, 0.29) is 12.2 Å². The molecule has 4 rings (SSSR count). The molecule has 25 heavy (non-hydrogen) atoms. The van der Waals surface area contributed by atoms with Crippen LogP contribution in [0.4, 0.5) is 5.13 Å². The Bertz CT molecular complexity index is 1170. The largest absolute Gasteiger partial charge is 0.462 e. The second-order valence-electron chi connectivity index (χ2n) is 5.46. The highest BCUT2D eigenvalue weighted by atomic mass is 32.1. The van der Waals surface area contributed by atoms with E-state index in [1.165, 1.54) is 17.5 Å². The molecule has 0 aliphatic heterocycles. The van der Waals surface area contributed by atoms with Crippen molar-refractivity contribution in [3.63, 3.8) is 0 Å². The van der Waals surface area contributed by atoms with Gasteiger partial charge in [0.05, 0.1) is 17.9 Å². The highest BCUT2D eigenvalue weighted by molar-refractivity contribution is 7.13. The number of H-pyrrole nitrogens is 2. The molecule has 3 heterocycles. The predicted octanol–water partition coefficient (Wildman–Crippen LogP) is 2.89. The summed E-state index contributed by atoms with van der Waals surface area (Å²) < 4.78 is 5.10. The second kappa shape index (κ2) is 5.75. The van der Waals surface area contributed by atoms with E-state index < -0.39 is 5.97 Å². The van der Waals surface area contributed by atoms with E-state index in [2.05, 4.69) is 15.0 Å². The van der Waals surface area contributed by atoms with Gasteiger partial charge >= 0.3 is 5.97 Å². The van der Waals surface area contributed by atoms with Gasteiger partial charge in [0.1, 0.15) is 5.52 Å². The van der Waals surface area contributed by atoms with Crippen molar-refractivity contribution in [3.8, 4) is 11.3 Å². The molecule has 4 aromatic rings. The number of nitrogen functional groups attached to an aromatic ring is 1. The summed E-state index contributed by atoms with van der Waals surface area (Å²) >= 11 is 1.36. The Morgan fingerprint density at radius 1 is 1.40 bits per heavy atom. The number of nitrogens with two attached hydrogens (primary N) is 1. The zero-order valence-electron chi connectivity index (χ0n) is 13.3. The monoisotopic (exact) mass is 354 g/mol. The zero-order chi connectivity index (χ0) is 17.6. The highest BCUT2D eigenvalue weighted by Gasteiger charge is 2.18. The van der Waals surface area contributed by atoms with Gasteiger partial charge in [0, 0.05) is 33.4 Å².